The molecule has 0 spiro atoms. The first-order valence-corrected chi connectivity index (χ1v) is 6.35. The molecule has 16 heavy (non-hydrogen) atoms. The van der Waals surface area contributed by atoms with Crippen molar-refractivity contribution in [1.82, 2.24) is 10.3 Å². The molecule has 1 saturated carbocycles. The lowest BCUT2D eigenvalue weighted by atomic mass is 10.0. The summed E-state index contributed by atoms with van der Waals surface area (Å²) >= 11 is 0. The monoisotopic (exact) mass is 218 g/mol. The number of hydrogen-bond acceptors (Lipinski definition) is 2. The lowest BCUT2D eigenvalue weighted by molar-refractivity contribution is 0.475. The SMILES string of the molecule is CCc1ccc(CC(NC)C2CC2C)nc1. The molecule has 1 aromatic rings. The van der Waals surface area contributed by atoms with E-state index in [4.69, 9.17) is 0 Å². The molecule has 0 saturated heterocycles. The van der Waals surface area contributed by atoms with Crippen LogP contribution in [0.15, 0.2) is 18.3 Å². The zero-order valence-electron chi connectivity index (χ0n) is 10.5. The molecule has 0 aliphatic heterocycles. The fourth-order valence-electron chi connectivity index (χ4n) is 2.39. The van der Waals surface area contributed by atoms with Gasteiger partial charge in [-0.15, -0.1) is 0 Å². The number of nitrogens with one attached hydrogen (secondary N) is 1. The van der Waals surface area contributed by atoms with Crippen LogP contribution in [0.5, 0.6) is 0 Å². The highest BCUT2D eigenvalue weighted by Gasteiger charge is 2.38. The predicted octanol–water partition coefficient (Wildman–Crippen LogP) is 2.43. The van der Waals surface area contributed by atoms with Crippen LogP contribution in [-0.2, 0) is 12.8 Å². The maximum atomic E-state index is 4.53. The van der Waals surface area contributed by atoms with E-state index in [1.165, 1.54) is 17.7 Å². The van der Waals surface area contributed by atoms with Gasteiger partial charge in [0.05, 0.1) is 0 Å². The van der Waals surface area contributed by atoms with E-state index in [0.29, 0.717) is 6.04 Å². The highest BCUT2D eigenvalue weighted by Crippen LogP contribution is 2.41. The summed E-state index contributed by atoms with van der Waals surface area (Å²) in [4.78, 5) is 4.53. The number of likely N-dealkylation sites (N-methyl/N-ethyl adjacent to an activating group) is 1. The van der Waals surface area contributed by atoms with Gasteiger partial charge in [0, 0.05) is 24.4 Å². The molecule has 3 unspecified atom stereocenters. The van der Waals surface area contributed by atoms with Crippen molar-refractivity contribution in [3.05, 3.63) is 29.6 Å². The molecule has 1 N–H and O–H groups in total. The predicted molar refractivity (Wildman–Crippen MR) is 67.4 cm³/mol. The van der Waals surface area contributed by atoms with E-state index in [1.54, 1.807) is 0 Å². The van der Waals surface area contributed by atoms with Crippen molar-refractivity contribution in [3.63, 3.8) is 0 Å². The third-order valence-electron chi connectivity index (χ3n) is 3.78. The molecule has 2 nitrogen and oxygen atoms in total. The number of aromatic nitrogens is 1. The highest BCUT2D eigenvalue weighted by atomic mass is 14.9. The maximum Gasteiger partial charge on any atom is 0.0419 e. The molecular formula is C14H22N2. The molecule has 0 bridgehead atoms. The Morgan fingerprint density at radius 3 is 2.69 bits per heavy atom. The second kappa shape index (κ2) is 4.96. The molecular weight excluding hydrogens is 196 g/mol. The Labute approximate surface area is 98.5 Å². The van der Waals surface area contributed by atoms with Gasteiger partial charge >= 0.3 is 0 Å². The normalized spacial score (nSPS) is 25.4. The molecule has 0 aromatic carbocycles. The zero-order chi connectivity index (χ0) is 11.5. The van der Waals surface area contributed by atoms with E-state index in [0.717, 1.165) is 24.7 Å². The molecule has 0 amide bonds. The molecule has 88 valence electrons. The Kier molecular flexibility index (Phi) is 3.59. The quantitative estimate of drug-likeness (QED) is 0.821. The summed E-state index contributed by atoms with van der Waals surface area (Å²) in [5, 5.41) is 3.43. The number of pyridine rings is 1. The van der Waals surface area contributed by atoms with Crippen molar-refractivity contribution in [1.29, 1.82) is 0 Å². The summed E-state index contributed by atoms with van der Waals surface area (Å²) < 4.78 is 0. The van der Waals surface area contributed by atoms with E-state index in [2.05, 4.69) is 43.3 Å². The van der Waals surface area contributed by atoms with Crippen LogP contribution in [0, 0.1) is 11.8 Å². The van der Waals surface area contributed by atoms with Gasteiger partial charge < -0.3 is 5.32 Å². The molecule has 1 aromatic heterocycles. The van der Waals surface area contributed by atoms with Crippen LogP contribution in [0.3, 0.4) is 0 Å². The van der Waals surface area contributed by atoms with Gasteiger partial charge in [0.25, 0.3) is 0 Å². The Balaban J connectivity index is 1.96. The third kappa shape index (κ3) is 2.62. The van der Waals surface area contributed by atoms with Crippen molar-refractivity contribution < 1.29 is 0 Å². The molecule has 1 heterocycles. The van der Waals surface area contributed by atoms with Crippen molar-refractivity contribution in [3.8, 4) is 0 Å². The van der Waals surface area contributed by atoms with Gasteiger partial charge in [-0.05, 0) is 43.4 Å². The fraction of sp³-hybridized carbons (Fsp3) is 0.643. The summed E-state index contributed by atoms with van der Waals surface area (Å²) in [7, 11) is 2.07. The number of aryl methyl sites for hydroxylation is 1. The van der Waals surface area contributed by atoms with Crippen molar-refractivity contribution >= 4 is 0 Å². The second-order valence-corrected chi connectivity index (χ2v) is 4.99. The molecule has 2 heteroatoms. The van der Waals surface area contributed by atoms with E-state index in [-0.39, 0.29) is 0 Å². The minimum atomic E-state index is 0.606. The molecule has 1 aliphatic carbocycles. The van der Waals surface area contributed by atoms with Crippen molar-refractivity contribution in [2.24, 2.45) is 11.8 Å². The lowest BCUT2D eigenvalue weighted by Crippen LogP contribution is -2.30. The lowest BCUT2D eigenvalue weighted by Gasteiger charge is -2.15. The minimum Gasteiger partial charge on any atom is -0.316 e. The average Bonchev–Trinajstić information content (AvgIpc) is 3.04. The summed E-state index contributed by atoms with van der Waals surface area (Å²) in [6.45, 7) is 4.50. The van der Waals surface area contributed by atoms with Gasteiger partial charge in [0.15, 0.2) is 0 Å². The van der Waals surface area contributed by atoms with Crippen LogP contribution in [0.4, 0.5) is 0 Å². The van der Waals surface area contributed by atoms with E-state index in [9.17, 15) is 0 Å². The van der Waals surface area contributed by atoms with Crippen LogP contribution in [0.1, 0.15) is 31.5 Å². The summed E-state index contributed by atoms with van der Waals surface area (Å²) in [5.74, 6) is 1.75. The summed E-state index contributed by atoms with van der Waals surface area (Å²) in [5.41, 5.74) is 2.54. The maximum absolute atomic E-state index is 4.53. The first-order valence-electron chi connectivity index (χ1n) is 6.35. The second-order valence-electron chi connectivity index (χ2n) is 4.99. The number of rotatable bonds is 5. The topological polar surface area (TPSA) is 24.9 Å². The van der Waals surface area contributed by atoms with Crippen molar-refractivity contribution in [2.75, 3.05) is 7.05 Å². The van der Waals surface area contributed by atoms with Crippen LogP contribution in [-0.4, -0.2) is 18.1 Å². The molecule has 2 rings (SSSR count). The summed E-state index contributed by atoms with van der Waals surface area (Å²) in [6, 6.07) is 4.98. The van der Waals surface area contributed by atoms with Crippen molar-refractivity contribution in [2.45, 2.75) is 39.2 Å². The van der Waals surface area contributed by atoms with E-state index in [1.807, 2.05) is 6.20 Å². The first kappa shape index (κ1) is 11.6. The molecule has 1 fully saturated rings. The Morgan fingerprint density at radius 1 is 1.50 bits per heavy atom. The van der Waals surface area contributed by atoms with E-state index < -0.39 is 0 Å². The van der Waals surface area contributed by atoms with Gasteiger partial charge in [-0.3, -0.25) is 4.98 Å². The fourth-order valence-corrected chi connectivity index (χ4v) is 2.39. The Bertz CT molecular complexity index is 331. The van der Waals surface area contributed by atoms with E-state index >= 15 is 0 Å². The minimum absolute atomic E-state index is 0.606. The third-order valence-corrected chi connectivity index (χ3v) is 3.78. The van der Waals surface area contributed by atoms with Gasteiger partial charge in [-0.1, -0.05) is 19.9 Å². The van der Waals surface area contributed by atoms with Crippen LogP contribution in [0.2, 0.25) is 0 Å². The molecule has 0 radical (unpaired) electrons. The Hall–Kier alpha value is -0.890. The first-order chi connectivity index (χ1) is 7.74. The highest BCUT2D eigenvalue weighted by molar-refractivity contribution is 5.15. The Morgan fingerprint density at radius 2 is 2.25 bits per heavy atom. The number of nitrogens with zero attached hydrogens (tertiary/aromatic N) is 1. The van der Waals surface area contributed by atoms with Crippen LogP contribution in [0.25, 0.3) is 0 Å². The molecule has 3 atom stereocenters. The summed E-state index contributed by atoms with van der Waals surface area (Å²) in [6.07, 6.45) is 5.52. The number of hydrogen-bond donors (Lipinski definition) is 1. The van der Waals surface area contributed by atoms with Gasteiger partial charge in [-0.25, -0.2) is 0 Å². The molecule has 1 aliphatic rings. The van der Waals surface area contributed by atoms with Crippen LogP contribution < -0.4 is 5.32 Å². The van der Waals surface area contributed by atoms with Gasteiger partial charge in [0.2, 0.25) is 0 Å². The van der Waals surface area contributed by atoms with Gasteiger partial charge in [0.1, 0.15) is 0 Å². The standard InChI is InChI=1S/C14H22N2/c1-4-11-5-6-12(16-9-11)8-14(15-3)13-7-10(13)2/h5-6,9-10,13-15H,4,7-8H2,1-3H3. The smallest absolute Gasteiger partial charge is 0.0419 e. The largest absolute Gasteiger partial charge is 0.316 e. The van der Waals surface area contributed by atoms with Gasteiger partial charge in [-0.2, -0.15) is 0 Å². The van der Waals surface area contributed by atoms with Crippen LogP contribution >= 0.6 is 0 Å². The zero-order valence-corrected chi connectivity index (χ0v) is 10.5. The average molecular weight is 218 g/mol.